The zero-order valence-electron chi connectivity index (χ0n) is 19.7. The van der Waals surface area contributed by atoms with Gasteiger partial charge in [0.1, 0.15) is 6.04 Å². The van der Waals surface area contributed by atoms with Crippen LogP contribution in [0.25, 0.3) is 0 Å². The predicted octanol–water partition coefficient (Wildman–Crippen LogP) is 3.57. The Balaban J connectivity index is 1.43. The Morgan fingerprint density at radius 1 is 1.09 bits per heavy atom. The van der Waals surface area contributed by atoms with Crippen molar-refractivity contribution in [2.24, 2.45) is 11.8 Å². The van der Waals surface area contributed by atoms with Crippen LogP contribution in [0.4, 0.5) is 0 Å². The van der Waals surface area contributed by atoms with Gasteiger partial charge in [-0.3, -0.25) is 19.7 Å². The van der Waals surface area contributed by atoms with Crippen molar-refractivity contribution in [3.8, 4) is 0 Å². The summed E-state index contributed by atoms with van der Waals surface area (Å²) in [6, 6.07) is 6.72. The molecule has 3 aliphatic rings. The maximum absolute atomic E-state index is 12.9. The van der Waals surface area contributed by atoms with Crippen LogP contribution >= 0.6 is 0 Å². The molecule has 0 bridgehead atoms. The smallest absolute Gasteiger partial charge is 0.255 e. The van der Waals surface area contributed by atoms with Gasteiger partial charge in [-0.05, 0) is 68.1 Å². The molecule has 1 aromatic carbocycles. The molecule has 0 spiro atoms. The number of piperidine rings is 1. The maximum atomic E-state index is 12.9. The van der Waals surface area contributed by atoms with Crippen LogP contribution in [0, 0.1) is 11.8 Å². The largest absolute Gasteiger partial charge is 0.322 e. The monoisotopic (exact) mass is 439 g/mol. The maximum Gasteiger partial charge on any atom is 0.255 e. The Morgan fingerprint density at radius 3 is 2.62 bits per heavy atom. The van der Waals surface area contributed by atoms with E-state index in [1.54, 1.807) is 4.90 Å². The first-order valence-electron chi connectivity index (χ1n) is 12.3. The van der Waals surface area contributed by atoms with E-state index in [1.165, 1.54) is 37.7 Å². The summed E-state index contributed by atoms with van der Waals surface area (Å²) in [6.45, 7) is 7.31. The van der Waals surface area contributed by atoms with Crippen molar-refractivity contribution in [3.63, 3.8) is 0 Å². The molecule has 4 rings (SSSR count). The lowest BCUT2D eigenvalue weighted by molar-refractivity contribution is -0.136. The number of fused-ring (bicyclic) bond motifs is 1. The van der Waals surface area contributed by atoms with Gasteiger partial charge in [-0.2, -0.15) is 0 Å². The van der Waals surface area contributed by atoms with E-state index in [1.807, 2.05) is 6.07 Å². The lowest BCUT2D eigenvalue weighted by Gasteiger charge is -2.35. The summed E-state index contributed by atoms with van der Waals surface area (Å²) in [5.74, 6) is 0.604. The molecule has 2 N–H and O–H groups in total. The number of hydrogen-bond acceptors (Lipinski definition) is 4. The van der Waals surface area contributed by atoms with E-state index in [0.717, 1.165) is 12.0 Å². The van der Waals surface area contributed by atoms with Crippen molar-refractivity contribution in [2.75, 3.05) is 0 Å². The Labute approximate surface area is 191 Å². The average molecular weight is 440 g/mol. The van der Waals surface area contributed by atoms with Gasteiger partial charge in [0.15, 0.2) is 0 Å². The second-order valence-electron chi connectivity index (χ2n) is 10.4. The number of imide groups is 1. The summed E-state index contributed by atoms with van der Waals surface area (Å²) in [7, 11) is 0. The van der Waals surface area contributed by atoms with Gasteiger partial charge in [-0.15, -0.1) is 0 Å². The van der Waals surface area contributed by atoms with Crippen LogP contribution in [-0.2, 0) is 22.6 Å². The highest BCUT2D eigenvalue weighted by molar-refractivity contribution is 6.05. The first-order valence-corrected chi connectivity index (χ1v) is 12.3. The van der Waals surface area contributed by atoms with Gasteiger partial charge in [0.2, 0.25) is 11.8 Å². The molecule has 2 unspecified atom stereocenters. The summed E-state index contributed by atoms with van der Waals surface area (Å²) in [5, 5.41) is 6.28. The molecule has 1 saturated carbocycles. The lowest BCUT2D eigenvalue weighted by atomic mass is 9.80. The molecule has 2 aliphatic heterocycles. The Kier molecular flexibility index (Phi) is 6.99. The van der Waals surface area contributed by atoms with Crippen LogP contribution in [-0.4, -0.2) is 40.7 Å². The van der Waals surface area contributed by atoms with E-state index in [0.29, 0.717) is 42.4 Å². The van der Waals surface area contributed by atoms with Gasteiger partial charge >= 0.3 is 0 Å². The second kappa shape index (κ2) is 9.74. The zero-order valence-corrected chi connectivity index (χ0v) is 19.7. The van der Waals surface area contributed by atoms with Crippen molar-refractivity contribution in [1.29, 1.82) is 0 Å². The standard InChI is InChI=1S/C26H37N3O3/c1-16(2)12-17(3)27-22-7-5-4-6-19(22)13-18-8-9-21-20(14-18)15-29(26(21)32)23-10-11-24(30)28-25(23)31/h8-9,14,16-17,19,22-23,27H,4-7,10-13,15H2,1-3H3,(H,28,30,31)/t17?,19-,22+,23?/m1/s1. The minimum Gasteiger partial charge on any atom is -0.322 e. The first kappa shape index (κ1) is 23.0. The average Bonchev–Trinajstić information content (AvgIpc) is 3.04. The number of hydrogen-bond donors (Lipinski definition) is 2. The minimum absolute atomic E-state index is 0.0965. The van der Waals surface area contributed by atoms with E-state index in [-0.39, 0.29) is 24.1 Å². The third-order valence-electron chi connectivity index (χ3n) is 7.32. The molecule has 1 saturated heterocycles. The molecular weight excluding hydrogens is 402 g/mol. The van der Waals surface area contributed by atoms with Crippen LogP contribution in [0.15, 0.2) is 18.2 Å². The number of nitrogens with one attached hydrogen (secondary N) is 2. The molecule has 0 aromatic heterocycles. The number of carbonyl (C=O) groups is 3. The van der Waals surface area contributed by atoms with Crippen molar-refractivity contribution >= 4 is 17.7 Å². The second-order valence-corrected chi connectivity index (χ2v) is 10.4. The fourth-order valence-electron chi connectivity index (χ4n) is 5.87. The summed E-state index contributed by atoms with van der Waals surface area (Å²) in [6.07, 6.45) is 7.96. The summed E-state index contributed by atoms with van der Waals surface area (Å²) < 4.78 is 0. The van der Waals surface area contributed by atoms with E-state index in [4.69, 9.17) is 0 Å². The van der Waals surface area contributed by atoms with Crippen LogP contribution < -0.4 is 10.6 Å². The number of benzene rings is 1. The van der Waals surface area contributed by atoms with Gasteiger partial charge in [-0.25, -0.2) is 0 Å². The molecule has 1 aliphatic carbocycles. The molecule has 6 nitrogen and oxygen atoms in total. The third-order valence-corrected chi connectivity index (χ3v) is 7.32. The lowest BCUT2D eigenvalue weighted by Crippen LogP contribution is -2.52. The van der Waals surface area contributed by atoms with Gasteiger partial charge in [0.05, 0.1) is 0 Å². The van der Waals surface area contributed by atoms with Crippen molar-refractivity contribution in [1.82, 2.24) is 15.5 Å². The highest BCUT2D eigenvalue weighted by Gasteiger charge is 2.39. The number of amides is 3. The van der Waals surface area contributed by atoms with Gasteiger partial charge in [-0.1, -0.05) is 38.8 Å². The predicted molar refractivity (Wildman–Crippen MR) is 124 cm³/mol. The molecule has 174 valence electrons. The third kappa shape index (κ3) is 5.06. The van der Waals surface area contributed by atoms with Crippen molar-refractivity contribution in [2.45, 2.75) is 96.8 Å². The van der Waals surface area contributed by atoms with Crippen molar-refractivity contribution in [3.05, 3.63) is 34.9 Å². The molecule has 2 heterocycles. The van der Waals surface area contributed by atoms with Crippen LogP contribution in [0.1, 0.15) is 87.2 Å². The van der Waals surface area contributed by atoms with E-state index in [9.17, 15) is 14.4 Å². The normalized spacial score (nSPS) is 26.9. The fourth-order valence-corrected chi connectivity index (χ4v) is 5.87. The minimum atomic E-state index is -0.551. The fraction of sp³-hybridized carbons (Fsp3) is 0.654. The topological polar surface area (TPSA) is 78.5 Å². The number of rotatable bonds is 7. The molecule has 6 heteroatoms. The summed E-state index contributed by atoms with van der Waals surface area (Å²) >= 11 is 0. The van der Waals surface area contributed by atoms with Crippen LogP contribution in [0.3, 0.4) is 0 Å². The molecule has 4 atom stereocenters. The van der Waals surface area contributed by atoms with Crippen LogP contribution in [0.5, 0.6) is 0 Å². The summed E-state index contributed by atoms with van der Waals surface area (Å²) in [4.78, 5) is 38.3. The molecule has 2 fully saturated rings. The van der Waals surface area contributed by atoms with Gasteiger partial charge in [0.25, 0.3) is 5.91 Å². The zero-order chi connectivity index (χ0) is 22.8. The molecular formula is C26H37N3O3. The van der Waals surface area contributed by atoms with Crippen molar-refractivity contribution < 1.29 is 14.4 Å². The van der Waals surface area contributed by atoms with E-state index >= 15 is 0 Å². The molecule has 1 aromatic rings. The number of carbonyl (C=O) groups excluding carboxylic acids is 3. The number of nitrogens with zero attached hydrogens (tertiary/aromatic N) is 1. The highest BCUT2D eigenvalue weighted by Crippen LogP contribution is 2.32. The first-order chi connectivity index (χ1) is 15.3. The SMILES string of the molecule is CC(C)CC(C)N[C@H]1CCCC[C@@H]1Cc1ccc2c(c1)CN(C1CCC(=O)NC1=O)C2=O. The molecule has 0 radical (unpaired) electrons. The van der Waals surface area contributed by atoms with E-state index in [2.05, 4.69) is 43.5 Å². The van der Waals surface area contributed by atoms with Crippen LogP contribution in [0.2, 0.25) is 0 Å². The van der Waals surface area contributed by atoms with Gasteiger partial charge < -0.3 is 10.2 Å². The van der Waals surface area contributed by atoms with E-state index < -0.39 is 6.04 Å². The van der Waals surface area contributed by atoms with Gasteiger partial charge in [0, 0.05) is 30.6 Å². The Bertz CT molecular complexity index is 881. The highest BCUT2D eigenvalue weighted by atomic mass is 16.2. The molecule has 3 amide bonds. The Hall–Kier alpha value is -2.21. The quantitative estimate of drug-likeness (QED) is 0.637. The summed E-state index contributed by atoms with van der Waals surface area (Å²) in [5.41, 5.74) is 2.98. The molecule has 32 heavy (non-hydrogen) atoms. The Morgan fingerprint density at radius 2 is 1.88 bits per heavy atom.